The highest BCUT2D eigenvalue weighted by molar-refractivity contribution is 7.80. The first-order valence-corrected chi connectivity index (χ1v) is 8.47. The highest BCUT2D eigenvalue weighted by Crippen LogP contribution is 2.19. The third-order valence-corrected chi connectivity index (χ3v) is 4.10. The van der Waals surface area contributed by atoms with Gasteiger partial charge in [0.25, 0.3) is 0 Å². The molecule has 0 spiro atoms. The van der Waals surface area contributed by atoms with Crippen LogP contribution in [0.5, 0.6) is 0 Å². The van der Waals surface area contributed by atoms with Crippen LogP contribution in [-0.2, 0) is 6.54 Å². The second kappa shape index (κ2) is 7.82. The molecule has 3 rings (SSSR count). The topological polar surface area (TPSA) is 41.9 Å². The number of thiocarbonyl (C=S) groups is 1. The van der Waals surface area contributed by atoms with E-state index in [1.807, 2.05) is 12.1 Å². The number of anilines is 2. The Morgan fingerprint density at radius 3 is 2.72 bits per heavy atom. The van der Waals surface area contributed by atoms with Crippen molar-refractivity contribution in [2.45, 2.75) is 6.54 Å². The van der Waals surface area contributed by atoms with Crippen LogP contribution in [0, 0.1) is 5.82 Å². The maximum absolute atomic E-state index is 13.1. The summed E-state index contributed by atoms with van der Waals surface area (Å²) in [7, 11) is 0. The van der Waals surface area contributed by atoms with Crippen LogP contribution in [-0.4, -0.2) is 14.9 Å². The van der Waals surface area contributed by atoms with Gasteiger partial charge in [-0.3, -0.25) is 4.68 Å². The zero-order chi connectivity index (χ0) is 17.8. The SMILES string of the molecule is Fc1ccc(Cn2ccc(NC(=S)Nc3cccc(Cl)c3)n2)c(Cl)c1. The number of halogens is 3. The minimum Gasteiger partial charge on any atom is -0.332 e. The van der Waals surface area contributed by atoms with Gasteiger partial charge < -0.3 is 10.6 Å². The van der Waals surface area contributed by atoms with Gasteiger partial charge in [-0.25, -0.2) is 4.39 Å². The quantitative estimate of drug-likeness (QED) is 0.597. The summed E-state index contributed by atoms with van der Waals surface area (Å²) in [5.74, 6) is 0.215. The summed E-state index contributed by atoms with van der Waals surface area (Å²) < 4.78 is 14.8. The maximum atomic E-state index is 13.1. The van der Waals surface area contributed by atoms with Gasteiger partial charge in [0.1, 0.15) is 5.82 Å². The van der Waals surface area contributed by atoms with E-state index in [0.717, 1.165) is 11.3 Å². The molecule has 0 aliphatic carbocycles. The maximum Gasteiger partial charge on any atom is 0.176 e. The van der Waals surface area contributed by atoms with Gasteiger partial charge in [0, 0.05) is 28.0 Å². The summed E-state index contributed by atoms with van der Waals surface area (Å²) in [6.45, 7) is 0.426. The van der Waals surface area contributed by atoms with E-state index in [1.165, 1.54) is 12.1 Å². The lowest BCUT2D eigenvalue weighted by molar-refractivity contribution is 0.624. The van der Waals surface area contributed by atoms with Gasteiger partial charge in [-0.1, -0.05) is 35.3 Å². The van der Waals surface area contributed by atoms with Crippen LogP contribution < -0.4 is 10.6 Å². The van der Waals surface area contributed by atoms with E-state index in [9.17, 15) is 4.39 Å². The molecule has 0 fully saturated rings. The molecule has 2 aromatic carbocycles. The molecule has 0 saturated carbocycles. The standard InChI is InChI=1S/C17H13Cl2FN4S/c18-12-2-1-3-14(8-12)21-17(25)22-16-6-7-24(23-16)10-11-4-5-13(20)9-15(11)19/h1-9H,10H2,(H2,21,22,23,25). The van der Waals surface area contributed by atoms with Gasteiger partial charge >= 0.3 is 0 Å². The Labute approximate surface area is 159 Å². The van der Waals surface area contributed by atoms with Crippen LogP contribution in [0.3, 0.4) is 0 Å². The van der Waals surface area contributed by atoms with Crippen LogP contribution >= 0.6 is 35.4 Å². The first-order chi connectivity index (χ1) is 12.0. The first-order valence-electron chi connectivity index (χ1n) is 7.30. The minimum atomic E-state index is -0.367. The molecular weight excluding hydrogens is 382 g/mol. The molecule has 2 N–H and O–H groups in total. The Hall–Kier alpha value is -2.15. The lowest BCUT2D eigenvalue weighted by atomic mass is 10.2. The monoisotopic (exact) mass is 394 g/mol. The summed E-state index contributed by atoms with van der Waals surface area (Å²) >= 11 is 17.2. The van der Waals surface area contributed by atoms with E-state index in [0.29, 0.717) is 27.5 Å². The fourth-order valence-electron chi connectivity index (χ4n) is 2.19. The van der Waals surface area contributed by atoms with Crippen molar-refractivity contribution in [1.29, 1.82) is 0 Å². The summed E-state index contributed by atoms with van der Waals surface area (Å²) in [6, 6.07) is 13.3. The molecule has 25 heavy (non-hydrogen) atoms. The molecule has 0 saturated heterocycles. The van der Waals surface area contributed by atoms with Crippen LogP contribution in [0.1, 0.15) is 5.56 Å². The zero-order valence-electron chi connectivity index (χ0n) is 12.8. The average Bonchev–Trinajstić information content (AvgIpc) is 2.97. The zero-order valence-corrected chi connectivity index (χ0v) is 15.2. The molecule has 0 unspecified atom stereocenters. The summed E-state index contributed by atoms with van der Waals surface area (Å²) in [5.41, 5.74) is 1.56. The molecule has 1 aromatic heterocycles. The second-order valence-corrected chi connectivity index (χ2v) is 6.48. The van der Waals surface area contributed by atoms with Gasteiger partial charge in [0.05, 0.1) is 6.54 Å². The van der Waals surface area contributed by atoms with E-state index in [4.69, 9.17) is 35.4 Å². The molecule has 0 atom stereocenters. The van der Waals surface area contributed by atoms with Gasteiger partial charge in [-0.2, -0.15) is 5.10 Å². The number of aromatic nitrogens is 2. The molecule has 1 heterocycles. The molecule has 0 aliphatic rings. The summed E-state index contributed by atoms with van der Waals surface area (Å²) in [6.07, 6.45) is 1.78. The van der Waals surface area contributed by atoms with Crippen molar-refractivity contribution in [1.82, 2.24) is 9.78 Å². The van der Waals surface area contributed by atoms with E-state index in [-0.39, 0.29) is 5.82 Å². The highest BCUT2D eigenvalue weighted by atomic mass is 35.5. The number of nitrogens with zero attached hydrogens (tertiary/aromatic N) is 2. The van der Waals surface area contributed by atoms with Gasteiger partial charge in [0.15, 0.2) is 10.9 Å². The molecule has 0 radical (unpaired) electrons. The Morgan fingerprint density at radius 2 is 1.96 bits per heavy atom. The van der Waals surface area contributed by atoms with Gasteiger partial charge in [0.2, 0.25) is 0 Å². The Morgan fingerprint density at radius 1 is 1.12 bits per heavy atom. The second-order valence-electron chi connectivity index (χ2n) is 5.22. The number of benzene rings is 2. The van der Waals surface area contributed by atoms with E-state index in [1.54, 1.807) is 35.1 Å². The van der Waals surface area contributed by atoms with Crippen molar-refractivity contribution in [3.63, 3.8) is 0 Å². The van der Waals surface area contributed by atoms with E-state index >= 15 is 0 Å². The van der Waals surface area contributed by atoms with Crippen molar-refractivity contribution < 1.29 is 4.39 Å². The smallest absolute Gasteiger partial charge is 0.176 e. The Balaban J connectivity index is 1.62. The molecular formula is C17H13Cl2FN4S. The molecule has 4 nitrogen and oxygen atoms in total. The number of hydrogen-bond donors (Lipinski definition) is 2. The van der Waals surface area contributed by atoms with Gasteiger partial charge in [-0.05, 0) is 48.1 Å². The van der Waals surface area contributed by atoms with E-state index < -0.39 is 0 Å². The number of hydrogen-bond acceptors (Lipinski definition) is 2. The van der Waals surface area contributed by atoms with Crippen molar-refractivity contribution in [3.8, 4) is 0 Å². The van der Waals surface area contributed by atoms with Crippen LogP contribution in [0.4, 0.5) is 15.9 Å². The van der Waals surface area contributed by atoms with E-state index in [2.05, 4.69) is 15.7 Å². The van der Waals surface area contributed by atoms with Crippen LogP contribution in [0.15, 0.2) is 54.7 Å². The Kier molecular flexibility index (Phi) is 5.53. The fourth-order valence-corrected chi connectivity index (χ4v) is 2.83. The predicted molar refractivity (Wildman–Crippen MR) is 104 cm³/mol. The fraction of sp³-hybridized carbons (Fsp3) is 0.0588. The van der Waals surface area contributed by atoms with Crippen molar-refractivity contribution in [3.05, 3.63) is 76.2 Å². The molecule has 0 amide bonds. The minimum absolute atomic E-state index is 0.364. The molecule has 0 bridgehead atoms. The van der Waals surface area contributed by atoms with Crippen LogP contribution in [0.25, 0.3) is 0 Å². The lowest BCUT2D eigenvalue weighted by Gasteiger charge is -2.09. The molecule has 128 valence electrons. The number of nitrogens with one attached hydrogen (secondary N) is 2. The number of rotatable bonds is 4. The molecule has 3 aromatic rings. The largest absolute Gasteiger partial charge is 0.332 e. The lowest BCUT2D eigenvalue weighted by Crippen LogP contribution is -2.19. The third-order valence-electron chi connectivity index (χ3n) is 3.31. The highest BCUT2D eigenvalue weighted by Gasteiger charge is 2.06. The predicted octanol–water partition coefficient (Wildman–Crippen LogP) is 5.19. The van der Waals surface area contributed by atoms with Crippen molar-refractivity contribution >= 4 is 52.0 Å². The normalized spacial score (nSPS) is 10.5. The Bertz CT molecular complexity index is 913. The third kappa shape index (κ3) is 4.92. The average molecular weight is 395 g/mol. The summed E-state index contributed by atoms with van der Waals surface area (Å²) in [5, 5.41) is 11.8. The van der Waals surface area contributed by atoms with Gasteiger partial charge in [-0.15, -0.1) is 0 Å². The van der Waals surface area contributed by atoms with Crippen molar-refractivity contribution in [2.24, 2.45) is 0 Å². The summed E-state index contributed by atoms with van der Waals surface area (Å²) in [4.78, 5) is 0. The molecule has 0 aliphatic heterocycles. The van der Waals surface area contributed by atoms with Crippen LogP contribution in [0.2, 0.25) is 10.0 Å². The molecule has 8 heteroatoms. The van der Waals surface area contributed by atoms with Crippen molar-refractivity contribution in [2.75, 3.05) is 10.6 Å². The first kappa shape index (κ1) is 17.7.